The molecule has 4 unspecified atom stereocenters. The van der Waals surface area contributed by atoms with Crippen molar-refractivity contribution < 1.29 is 23.8 Å². The van der Waals surface area contributed by atoms with Crippen molar-refractivity contribution in [3.05, 3.63) is 11.8 Å². The number of rotatable bonds is 5. The number of fused-ring (bicyclic) bond motifs is 1. The van der Waals surface area contributed by atoms with E-state index in [-0.39, 0.29) is 23.8 Å². The van der Waals surface area contributed by atoms with E-state index >= 15 is 0 Å². The van der Waals surface area contributed by atoms with Crippen LogP contribution in [-0.2, 0) is 19.0 Å². The molecule has 0 radical (unpaired) electrons. The van der Waals surface area contributed by atoms with E-state index in [1.165, 1.54) is 13.4 Å². The van der Waals surface area contributed by atoms with Crippen LogP contribution in [0.3, 0.4) is 0 Å². The van der Waals surface area contributed by atoms with Gasteiger partial charge in [0.25, 0.3) is 0 Å². The van der Waals surface area contributed by atoms with Gasteiger partial charge in [0.15, 0.2) is 0 Å². The van der Waals surface area contributed by atoms with Gasteiger partial charge in [0, 0.05) is 17.9 Å². The van der Waals surface area contributed by atoms with Gasteiger partial charge >= 0.3 is 12.1 Å². The quantitative estimate of drug-likeness (QED) is 0.787. The number of esters is 1. The summed E-state index contributed by atoms with van der Waals surface area (Å²) in [4.78, 5) is 24.0. The molecule has 6 nitrogen and oxygen atoms in total. The van der Waals surface area contributed by atoms with Crippen molar-refractivity contribution >= 4 is 12.1 Å². The van der Waals surface area contributed by atoms with Gasteiger partial charge in [-0.2, -0.15) is 0 Å². The molecule has 1 fully saturated rings. The predicted molar refractivity (Wildman–Crippen MR) is 84.3 cm³/mol. The molecular formula is C17H27NO5. The summed E-state index contributed by atoms with van der Waals surface area (Å²) in [6, 6.07) is 0.101. The normalized spacial score (nSPS) is 29.3. The standard InChI is InChI=1S/C17H27NO5/c1-5-11(6-2)18-17(20)23-16-14-10(3)7-8-12(14)13(9-22-16)15(19)21-4/h9-12,14,16H,5-8H2,1-4H3,(H,18,20). The topological polar surface area (TPSA) is 73.9 Å². The molecule has 1 saturated carbocycles. The Morgan fingerprint density at radius 1 is 1.35 bits per heavy atom. The highest BCUT2D eigenvalue weighted by Crippen LogP contribution is 2.46. The van der Waals surface area contributed by atoms with E-state index in [9.17, 15) is 9.59 Å². The molecule has 0 saturated heterocycles. The number of amides is 1. The SMILES string of the molecule is CCC(CC)NC(=O)OC1OC=C(C(=O)OC)C2CCC(C)C12. The van der Waals surface area contributed by atoms with E-state index in [1.54, 1.807) is 0 Å². The largest absolute Gasteiger partial charge is 0.466 e. The number of methoxy groups -OCH3 is 1. The Kier molecular flexibility index (Phi) is 5.91. The maximum absolute atomic E-state index is 12.1. The van der Waals surface area contributed by atoms with Crippen molar-refractivity contribution in [2.45, 2.75) is 58.8 Å². The van der Waals surface area contributed by atoms with Crippen molar-refractivity contribution in [1.29, 1.82) is 0 Å². The molecule has 1 N–H and O–H groups in total. The summed E-state index contributed by atoms with van der Waals surface area (Å²) in [7, 11) is 1.36. The van der Waals surface area contributed by atoms with E-state index in [4.69, 9.17) is 14.2 Å². The van der Waals surface area contributed by atoms with Crippen LogP contribution < -0.4 is 5.32 Å². The summed E-state index contributed by atoms with van der Waals surface area (Å²) in [6.45, 7) is 6.14. The second-order valence-electron chi connectivity index (χ2n) is 6.37. The highest BCUT2D eigenvalue weighted by atomic mass is 16.7. The lowest BCUT2D eigenvalue weighted by Gasteiger charge is -2.34. The van der Waals surface area contributed by atoms with Crippen LogP contribution in [0.25, 0.3) is 0 Å². The number of carbonyl (C=O) groups excluding carboxylic acids is 2. The fourth-order valence-corrected chi connectivity index (χ4v) is 3.59. The lowest BCUT2D eigenvalue weighted by Crippen LogP contribution is -2.43. The molecule has 0 spiro atoms. The average Bonchev–Trinajstić information content (AvgIpc) is 2.94. The maximum Gasteiger partial charge on any atom is 0.410 e. The first-order chi connectivity index (χ1) is 11.0. The Morgan fingerprint density at radius 2 is 2.04 bits per heavy atom. The predicted octanol–water partition coefficient (Wildman–Crippen LogP) is 2.98. The number of hydrogen-bond donors (Lipinski definition) is 1. The van der Waals surface area contributed by atoms with Gasteiger partial charge in [-0.05, 0) is 31.6 Å². The maximum atomic E-state index is 12.1. The van der Waals surface area contributed by atoms with Crippen molar-refractivity contribution in [3.63, 3.8) is 0 Å². The molecule has 0 bridgehead atoms. The molecule has 2 aliphatic rings. The first-order valence-electron chi connectivity index (χ1n) is 8.42. The number of carbonyl (C=O) groups is 2. The summed E-state index contributed by atoms with van der Waals surface area (Å²) >= 11 is 0. The van der Waals surface area contributed by atoms with Crippen LogP contribution in [0.2, 0.25) is 0 Å². The Labute approximate surface area is 137 Å². The van der Waals surface area contributed by atoms with Crippen LogP contribution in [0.1, 0.15) is 46.5 Å². The van der Waals surface area contributed by atoms with Crippen molar-refractivity contribution in [2.24, 2.45) is 17.8 Å². The van der Waals surface area contributed by atoms with Crippen LogP contribution in [0.5, 0.6) is 0 Å². The first kappa shape index (κ1) is 17.6. The third-order valence-corrected chi connectivity index (χ3v) is 5.05. The molecule has 1 heterocycles. The second kappa shape index (κ2) is 7.70. The third kappa shape index (κ3) is 3.79. The fourth-order valence-electron chi connectivity index (χ4n) is 3.59. The van der Waals surface area contributed by atoms with Gasteiger partial charge in [-0.1, -0.05) is 20.8 Å². The summed E-state index contributed by atoms with van der Waals surface area (Å²) < 4.78 is 15.9. The van der Waals surface area contributed by atoms with Crippen LogP contribution in [-0.4, -0.2) is 31.5 Å². The minimum atomic E-state index is -0.653. The van der Waals surface area contributed by atoms with E-state index in [0.29, 0.717) is 11.5 Å². The van der Waals surface area contributed by atoms with Gasteiger partial charge < -0.3 is 19.5 Å². The van der Waals surface area contributed by atoms with Gasteiger partial charge in [-0.15, -0.1) is 0 Å². The van der Waals surface area contributed by atoms with Crippen LogP contribution in [0.15, 0.2) is 11.8 Å². The van der Waals surface area contributed by atoms with Crippen LogP contribution in [0.4, 0.5) is 4.79 Å². The van der Waals surface area contributed by atoms with E-state index in [0.717, 1.165) is 25.7 Å². The number of nitrogens with one attached hydrogen (secondary N) is 1. The average molecular weight is 325 g/mol. The van der Waals surface area contributed by atoms with Gasteiger partial charge in [0.2, 0.25) is 6.29 Å². The molecule has 0 aromatic carbocycles. The van der Waals surface area contributed by atoms with E-state index in [2.05, 4.69) is 12.2 Å². The van der Waals surface area contributed by atoms with Crippen molar-refractivity contribution in [1.82, 2.24) is 5.32 Å². The Morgan fingerprint density at radius 3 is 2.65 bits per heavy atom. The molecule has 6 heteroatoms. The van der Waals surface area contributed by atoms with Crippen LogP contribution >= 0.6 is 0 Å². The molecule has 1 aliphatic carbocycles. The summed E-state index contributed by atoms with van der Waals surface area (Å²) in [5.41, 5.74) is 0.544. The first-order valence-corrected chi connectivity index (χ1v) is 8.42. The molecule has 2 rings (SSSR count). The van der Waals surface area contributed by atoms with Crippen molar-refractivity contribution in [3.8, 4) is 0 Å². The Balaban J connectivity index is 2.07. The highest BCUT2D eigenvalue weighted by molar-refractivity contribution is 5.89. The molecule has 23 heavy (non-hydrogen) atoms. The third-order valence-electron chi connectivity index (χ3n) is 5.05. The minimum Gasteiger partial charge on any atom is -0.466 e. The molecule has 4 atom stereocenters. The van der Waals surface area contributed by atoms with Gasteiger partial charge in [0.05, 0.1) is 18.9 Å². The molecular weight excluding hydrogens is 298 g/mol. The Hall–Kier alpha value is -1.72. The van der Waals surface area contributed by atoms with E-state index < -0.39 is 12.4 Å². The van der Waals surface area contributed by atoms with E-state index in [1.807, 2.05) is 13.8 Å². The molecule has 1 amide bonds. The second-order valence-corrected chi connectivity index (χ2v) is 6.37. The van der Waals surface area contributed by atoms with Crippen LogP contribution in [0, 0.1) is 17.8 Å². The zero-order chi connectivity index (χ0) is 17.0. The van der Waals surface area contributed by atoms with Crippen molar-refractivity contribution in [2.75, 3.05) is 7.11 Å². The van der Waals surface area contributed by atoms with Gasteiger partial charge in [0.1, 0.15) is 0 Å². The lowest BCUT2D eigenvalue weighted by molar-refractivity contribution is -0.145. The zero-order valence-electron chi connectivity index (χ0n) is 14.3. The van der Waals surface area contributed by atoms with Gasteiger partial charge in [-0.25, -0.2) is 9.59 Å². The van der Waals surface area contributed by atoms with Gasteiger partial charge in [-0.3, -0.25) is 0 Å². The zero-order valence-corrected chi connectivity index (χ0v) is 14.3. The lowest BCUT2D eigenvalue weighted by atomic mass is 9.83. The fraction of sp³-hybridized carbons (Fsp3) is 0.765. The molecule has 0 aromatic heterocycles. The minimum absolute atomic E-state index is 0.0125. The summed E-state index contributed by atoms with van der Waals surface area (Å²) in [6.07, 6.45) is 3.85. The highest BCUT2D eigenvalue weighted by Gasteiger charge is 2.48. The molecule has 1 aliphatic heterocycles. The summed E-state index contributed by atoms with van der Waals surface area (Å²) in [5, 5.41) is 2.85. The number of alkyl carbamates (subject to hydrolysis) is 1. The monoisotopic (exact) mass is 325 g/mol. The summed E-state index contributed by atoms with van der Waals surface area (Å²) in [5.74, 6) is -0.0352. The molecule has 0 aromatic rings. The smallest absolute Gasteiger partial charge is 0.410 e. The number of ether oxygens (including phenoxy) is 3. The number of hydrogen-bond acceptors (Lipinski definition) is 5. The molecule has 130 valence electrons. The Bertz CT molecular complexity index is 472.